The number of hydrogen-bond acceptors (Lipinski definition) is 2. The van der Waals surface area contributed by atoms with E-state index in [1.54, 1.807) is 0 Å². The minimum Gasteiger partial charge on any atom is -0.327 e. The molecule has 0 saturated carbocycles. The zero-order chi connectivity index (χ0) is 10.6. The predicted molar refractivity (Wildman–Crippen MR) is 59.1 cm³/mol. The molecule has 1 aromatic rings. The van der Waals surface area contributed by atoms with E-state index in [1.807, 2.05) is 17.8 Å². The van der Waals surface area contributed by atoms with Gasteiger partial charge in [-0.25, -0.2) is 0 Å². The van der Waals surface area contributed by atoms with Gasteiger partial charge in [0.1, 0.15) is 0 Å². The largest absolute Gasteiger partial charge is 0.327 e. The molecular formula is C11H19N3. The van der Waals surface area contributed by atoms with E-state index in [4.69, 9.17) is 5.73 Å². The van der Waals surface area contributed by atoms with Gasteiger partial charge in [-0.2, -0.15) is 5.10 Å². The lowest BCUT2D eigenvalue weighted by Crippen LogP contribution is -2.23. The fraction of sp³-hybridized carbons (Fsp3) is 0.545. The first-order valence-electron chi connectivity index (χ1n) is 5.05. The lowest BCUT2D eigenvalue weighted by atomic mass is 10.1. The normalized spacial score (nSPS) is 12.8. The summed E-state index contributed by atoms with van der Waals surface area (Å²) in [6, 6.07) is 2.29. The Morgan fingerprint density at radius 1 is 1.71 bits per heavy atom. The molecule has 0 aliphatic carbocycles. The summed E-state index contributed by atoms with van der Waals surface area (Å²) in [5, 5.41) is 4.38. The number of aryl methyl sites for hydroxylation is 2. The number of hydrogen-bond donors (Lipinski definition) is 1. The Balaban J connectivity index is 2.65. The van der Waals surface area contributed by atoms with Crippen molar-refractivity contribution in [2.24, 2.45) is 12.8 Å². The molecule has 14 heavy (non-hydrogen) atoms. The molecule has 1 unspecified atom stereocenters. The molecule has 0 fully saturated rings. The molecular weight excluding hydrogens is 174 g/mol. The molecule has 0 aromatic carbocycles. The topological polar surface area (TPSA) is 43.8 Å². The van der Waals surface area contributed by atoms with Crippen LogP contribution in [-0.2, 0) is 19.9 Å². The van der Waals surface area contributed by atoms with Gasteiger partial charge in [0, 0.05) is 25.2 Å². The number of nitrogens with two attached hydrogens (primary N) is 1. The van der Waals surface area contributed by atoms with E-state index in [1.165, 1.54) is 5.69 Å². The number of rotatable bonds is 5. The first-order valence-corrected chi connectivity index (χ1v) is 5.05. The molecule has 0 amide bonds. The van der Waals surface area contributed by atoms with Gasteiger partial charge in [-0.15, -0.1) is 6.58 Å². The second-order valence-electron chi connectivity index (χ2n) is 3.59. The van der Waals surface area contributed by atoms with Gasteiger partial charge in [0.25, 0.3) is 0 Å². The average Bonchev–Trinajstić information content (AvgIpc) is 2.48. The number of aromatic nitrogens is 2. The first-order chi connectivity index (χ1) is 6.67. The van der Waals surface area contributed by atoms with Crippen molar-refractivity contribution in [2.45, 2.75) is 32.2 Å². The summed E-state index contributed by atoms with van der Waals surface area (Å²) >= 11 is 0. The SMILES string of the molecule is C=CCC(N)Cc1cc(CC)nn1C. The maximum absolute atomic E-state index is 5.92. The molecule has 2 N–H and O–H groups in total. The van der Waals surface area contributed by atoms with Crippen LogP contribution in [0.3, 0.4) is 0 Å². The lowest BCUT2D eigenvalue weighted by molar-refractivity contribution is 0.619. The zero-order valence-corrected chi connectivity index (χ0v) is 9.03. The van der Waals surface area contributed by atoms with Gasteiger partial charge in [0.2, 0.25) is 0 Å². The fourth-order valence-electron chi connectivity index (χ4n) is 1.50. The summed E-state index contributed by atoms with van der Waals surface area (Å²) < 4.78 is 1.92. The summed E-state index contributed by atoms with van der Waals surface area (Å²) in [5.74, 6) is 0. The third-order valence-corrected chi connectivity index (χ3v) is 2.33. The van der Waals surface area contributed by atoms with Crippen molar-refractivity contribution in [1.82, 2.24) is 9.78 Å². The van der Waals surface area contributed by atoms with E-state index in [0.29, 0.717) is 0 Å². The minimum atomic E-state index is 0.160. The molecule has 1 atom stereocenters. The molecule has 3 heteroatoms. The minimum absolute atomic E-state index is 0.160. The van der Waals surface area contributed by atoms with Gasteiger partial charge >= 0.3 is 0 Å². The molecule has 78 valence electrons. The lowest BCUT2D eigenvalue weighted by Gasteiger charge is -2.08. The first kappa shape index (κ1) is 11.0. The standard InChI is InChI=1S/C11H19N3/c1-4-6-9(12)7-11-8-10(5-2)13-14(11)3/h4,8-9H,1,5-7,12H2,2-3H3. The molecule has 0 spiro atoms. The van der Waals surface area contributed by atoms with Gasteiger partial charge in [0.05, 0.1) is 5.69 Å². The average molecular weight is 193 g/mol. The zero-order valence-electron chi connectivity index (χ0n) is 9.03. The monoisotopic (exact) mass is 193 g/mol. The van der Waals surface area contributed by atoms with Crippen LogP contribution in [0, 0.1) is 0 Å². The fourth-order valence-corrected chi connectivity index (χ4v) is 1.50. The summed E-state index contributed by atoms with van der Waals surface area (Å²) in [6.45, 7) is 5.79. The Morgan fingerprint density at radius 3 is 2.93 bits per heavy atom. The quantitative estimate of drug-likeness (QED) is 0.719. The Hall–Kier alpha value is -1.09. The molecule has 1 aromatic heterocycles. The van der Waals surface area contributed by atoms with Crippen LogP contribution in [0.15, 0.2) is 18.7 Å². The van der Waals surface area contributed by atoms with Gasteiger partial charge in [-0.05, 0) is 18.9 Å². The second kappa shape index (κ2) is 4.96. The molecule has 0 aliphatic heterocycles. The smallest absolute Gasteiger partial charge is 0.0624 e. The van der Waals surface area contributed by atoms with Crippen molar-refractivity contribution in [3.05, 3.63) is 30.1 Å². The Bertz CT molecular complexity index is 301. The highest BCUT2D eigenvalue weighted by atomic mass is 15.3. The van der Waals surface area contributed by atoms with Crippen LogP contribution >= 0.6 is 0 Å². The van der Waals surface area contributed by atoms with Crippen LogP contribution < -0.4 is 5.73 Å². The van der Waals surface area contributed by atoms with E-state index < -0.39 is 0 Å². The van der Waals surface area contributed by atoms with Gasteiger partial charge in [0.15, 0.2) is 0 Å². The van der Waals surface area contributed by atoms with Crippen molar-refractivity contribution < 1.29 is 0 Å². The van der Waals surface area contributed by atoms with Gasteiger partial charge in [-0.1, -0.05) is 13.0 Å². The maximum Gasteiger partial charge on any atom is 0.0624 e. The molecule has 0 bridgehead atoms. The van der Waals surface area contributed by atoms with E-state index in [9.17, 15) is 0 Å². The van der Waals surface area contributed by atoms with Crippen molar-refractivity contribution >= 4 is 0 Å². The molecule has 0 saturated heterocycles. The molecule has 0 aliphatic rings. The summed E-state index contributed by atoms with van der Waals surface area (Å²) in [7, 11) is 1.97. The van der Waals surface area contributed by atoms with Gasteiger partial charge < -0.3 is 5.73 Å². The Morgan fingerprint density at radius 2 is 2.43 bits per heavy atom. The third-order valence-electron chi connectivity index (χ3n) is 2.33. The van der Waals surface area contributed by atoms with Crippen LogP contribution in [0.2, 0.25) is 0 Å². The van der Waals surface area contributed by atoms with E-state index in [0.717, 1.165) is 25.0 Å². The molecule has 3 nitrogen and oxygen atoms in total. The number of nitrogens with zero attached hydrogens (tertiary/aromatic N) is 2. The predicted octanol–water partition coefficient (Wildman–Crippen LogP) is 1.43. The van der Waals surface area contributed by atoms with Crippen LogP contribution in [0.1, 0.15) is 24.7 Å². The second-order valence-corrected chi connectivity index (χ2v) is 3.59. The van der Waals surface area contributed by atoms with Crippen LogP contribution in [-0.4, -0.2) is 15.8 Å². The molecule has 1 rings (SSSR count). The molecule has 0 radical (unpaired) electrons. The Labute approximate surface area is 85.6 Å². The van der Waals surface area contributed by atoms with Crippen molar-refractivity contribution in [2.75, 3.05) is 0 Å². The highest BCUT2D eigenvalue weighted by molar-refractivity contribution is 5.11. The van der Waals surface area contributed by atoms with Crippen molar-refractivity contribution in [3.8, 4) is 0 Å². The summed E-state index contributed by atoms with van der Waals surface area (Å²) in [6.07, 6.45) is 4.56. The van der Waals surface area contributed by atoms with Crippen LogP contribution in [0.4, 0.5) is 0 Å². The van der Waals surface area contributed by atoms with Crippen molar-refractivity contribution in [1.29, 1.82) is 0 Å². The van der Waals surface area contributed by atoms with E-state index in [-0.39, 0.29) is 6.04 Å². The van der Waals surface area contributed by atoms with Crippen LogP contribution in [0.5, 0.6) is 0 Å². The van der Waals surface area contributed by atoms with Crippen molar-refractivity contribution in [3.63, 3.8) is 0 Å². The maximum atomic E-state index is 5.92. The van der Waals surface area contributed by atoms with Gasteiger partial charge in [-0.3, -0.25) is 4.68 Å². The van der Waals surface area contributed by atoms with E-state index in [2.05, 4.69) is 24.7 Å². The highest BCUT2D eigenvalue weighted by Crippen LogP contribution is 2.07. The molecule has 1 heterocycles. The van der Waals surface area contributed by atoms with Crippen LogP contribution in [0.25, 0.3) is 0 Å². The summed E-state index contributed by atoms with van der Waals surface area (Å²) in [4.78, 5) is 0. The third kappa shape index (κ3) is 2.70. The Kier molecular flexibility index (Phi) is 3.89. The van der Waals surface area contributed by atoms with E-state index >= 15 is 0 Å². The highest BCUT2D eigenvalue weighted by Gasteiger charge is 2.07. The summed E-state index contributed by atoms with van der Waals surface area (Å²) in [5.41, 5.74) is 8.26.